The molecule has 1 amide bonds. The molecular weight excluding hydrogens is 379 g/mol. The number of carbonyl (C=O) groups excluding carboxylic acids is 1. The molecule has 0 unspecified atom stereocenters. The van der Waals surface area contributed by atoms with Crippen molar-refractivity contribution in [3.8, 4) is 11.3 Å². The van der Waals surface area contributed by atoms with Crippen LogP contribution in [0.3, 0.4) is 0 Å². The van der Waals surface area contributed by atoms with Crippen LogP contribution in [0, 0.1) is 17.0 Å². The highest BCUT2D eigenvalue weighted by atomic mass is 35.5. The van der Waals surface area contributed by atoms with Crippen LogP contribution in [0.4, 0.5) is 11.4 Å². The second-order valence-electron chi connectivity index (χ2n) is 5.45. The lowest BCUT2D eigenvalue weighted by molar-refractivity contribution is -0.383. The Kier molecular flexibility index (Phi) is 4.97. The largest absolute Gasteiger partial charge is 0.451 e. The molecule has 0 saturated carbocycles. The van der Waals surface area contributed by atoms with Crippen LogP contribution in [-0.4, -0.2) is 10.8 Å². The van der Waals surface area contributed by atoms with E-state index in [0.717, 1.165) is 11.1 Å². The quantitative estimate of drug-likeness (QED) is 0.455. The van der Waals surface area contributed by atoms with Gasteiger partial charge >= 0.3 is 0 Å². The van der Waals surface area contributed by atoms with Gasteiger partial charge in [0.15, 0.2) is 5.76 Å². The van der Waals surface area contributed by atoms with E-state index in [2.05, 4.69) is 5.32 Å². The Morgan fingerprint density at radius 2 is 1.92 bits per heavy atom. The molecule has 3 aromatic rings. The SMILES string of the molecule is Cc1c(Cl)cccc1-c1ccc(C(=O)Nc2ccc(Cl)cc2[N+](=O)[O-])o1. The number of furan rings is 1. The summed E-state index contributed by atoms with van der Waals surface area (Å²) < 4.78 is 5.60. The highest BCUT2D eigenvalue weighted by molar-refractivity contribution is 6.31. The van der Waals surface area contributed by atoms with Gasteiger partial charge in [-0.2, -0.15) is 0 Å². The van der Waals surface area contributed by atoms with Gasteiger partial charge in [-0.25, -0.2) is 0 Å². The van der Waals surface area contributed by atoms with Gasteiger partial charge in [0.1, 0.15) is 11.4 Å². The number of carbonyl (C=O) groups is 1. The summed E-state index contributed by atoms with van der Waals surface area (Å²) in [5.41, 5.74) is 1.31. The number of amides is 1. The van der Waals surface area contributed by atoms with Crippen molar-refractivity contribution in [2.75, 3.05) is 5.32 Å². The zero-order chi connectivity index (χ0) is 18.8. The fraction of sp³-hybridized carbons (Fsp3) is 0.0556. The molecule has 1 aromatic heterocycles. The van der Waals surface area contributed by atoms with Crippen LogP contribution < -0.4 is 5.32 Å². The van der Waals surface area contributed by atoms with E-state index in [9.17, 15) is 14.9 Å². The molecule has 0 atom stereocenters. The lowest BCUT2D eigenvalue weighted by atomic mass is 10.1. The molecule has 0 radical (unpaired) electrons. The summed E-state index contributed by atoms with van der Waals surface area (Å²) >= 11 is 11.9. The maximum atomic E-state index is 12.4. The van der Waals surface area contributed by atoms with Gasteiger partial charge in [-0.05, 0) is 42.8 Å². The van der Waals surface area contributed by atoms with Crippen LogP contribution in [-0.2, 0) is 0 Å². The predicted octanol–water partition coefficient (Wildman–Crippen LogP) is 5.72. The van der Waals surface area contributed by atoms with E-state index in [0.29, 0.717) is 10.8 Å². The van der Waals surface area contributed by atoms with Crippen LogP contribution >= 0.6 is 23.2 Å². The third-order valence-electron chi connectivity index (χ3n) is 3.77. The molecule has 26 heavy (non-hydrogen) atoms. The number of hydrogen-bond acceptors (Lipinski definition) is 4. The van der Waals surface area contributed by atoms with Gasteiger partial charge in [-0.1, -0.05) is 35.3 Å². The number of nitrogens with zero attached hydrogens (tertiary/aromatic N) is 1. The molecule has 0 aliphatic heterocycles. The average Bonchev–Trinajstić information content (AvgIpc) is 3.08. The zero-order valence-corrected chi connectivity index (χ0v) is 15.0. The maximum Gasteiger partial charge on any atom is 0.294 e. The molecule has 0 bridgehead atoms. The third kappa shape index (κ3) is 3.56. The van der Waals surface area contributed by atoms with Crippen molar-refractivity contribution in [3.63, 3.8) is 0 Å². The minimum atomic E-state index is -0.621. The van der Waals surface area contributed by atoms with Crippen molar-refractivity contribution in [2.45, 2.75) is 6.92 Å². The van der Waals surface area contributed by atoms with Gasteiger partial charge in [-0.15, -0.1) is 0 Å². The lowest BCUT2D eigenvalue weighted by Crippen LogP contribution is -2.12. The first-order valence-electron chi connectivity index (χ1n) is 7.47. The Morgan fingerprint density at radius 1 is 1.15 bits per heavy atom. The Bertz CT molecular complexity index is 1010. The second kappa shape index (κ2) is 7.19. The molecule has 0 aliphatic rings. The predicted molar refractivity (Wildman–Crippen MR) is 100.0 cm³/mol. The third-order valence-corrected chi connectivity index (χ3v) is 4.41. The number of halogens is 2. The number of rotatable bonds is 4. The first-order valence-corrected chi connectivity index (χ1v) is 8.23. The molecular formula is C18H12Cl2N2O4. The van der Waals surface area contributed by atoms with Gasteiger partial charge < -0.3 is 9.73 Å². The van der Waals surface area contributed by atoms with Crippen LogP contribution in [0.2, 0.25) is 10.0 Å². The highest BCUT2D eigenvalue weighted by Gasteiger charge is 2.20. The number of hydrogen-bond donors (Lipinski definition) is 1. The minimum Gasteiger partial charge on any atom is -0.451 e. The van der Waals surface area contributed by atoms with E-state index in [4.69, 9.17) is 27.6 Å². The van der Waals surface area contributed by atoms with Crippen molar-refractivity contribution in [3.05, 3.63) is 80.0 Å². The molecule has 8 heteroatoms. The first-order chi connectivity index (χ1) is 12.4. The van der Waals surface area contributed by atoms with E-state index < -0.39 is 10.8 Å². The highest BCUT2D eigenvalue weighted by Crippen LogP contribution is 2.31. The number of nitrogens with one attached hydrogen (secondary N) is 1. The molecule has 0 spiro atoms. The number of nitro benzene ring substituents is 1. The normalized spacial score (nSPS) is 10.6. The molecule has 6 nitrogen and oxygen atoms in total. The topological polar surface area (TPSA) is 85.4 Å². The fourth-order valence-corrected chi connectivity index (χ4v) is 2.77. The standard InChI is InChI=1S/C18H12Cl2N2O4/c1-10-12(3-2-4-13(10)20)16-7-8-17(26-16)18(23)21-14-6-5-11(19)9-15(14)22(24)25/h2-9H,1H3,(H,21,23). The molecule has 1 N–H and O–H groups in total. The van der Waals surface area contributed by atoms with Gasteiger partial charge in [0, 0.05) is 21.7 Å². The Hall–Kier alpha value is -2.83. The summed E-state index contributed by atoms with van der Waals surface area (Å²) in [6, 6.07) is 12.5. The van der Waals surface area contributed by atoms with Crippen LogP contribution in [0.5, 0.6) is 0 Å². The number of anilines is 1. The van der Waals surface area contributed by atoms with Crippen molar-refractivity contribution in [1.29, 1.82) is 0 Å². The molecule has 0 aliphatic carbocycles. The Labute approximate surface area is 158 Å². The summed E-state index contributed by atoms with van der Waals surface area (Å²) in [5, 5.41) is 14.4. The monoisotopic (exact) mass is 390 g/mol. The van der Waals surface area contributed by atoms with E-state index in [-0.39, 0.29) is 22.2 Å². The van der Waals surface area contributed by atoms with Crippen LogP contribution in [0.15, 0.2) is 52.9 Å². The van der Waals surface area contributed by atoms with E-state index in [1.165, 1.54) is 24.3 Å². The van der Waals surface area contributed by atoms with E-state index >= 15 is 0 Å². The fourth-order valence-electron chi connectivity index (χ4n) is 2.42. The average molecular weight is 391 g/mol. The van der Waals surface area contributed by atoms with Gasteiger partial charge in [0.2, 0.25) is 0 Å². The zero-order valence-electron chi connectivity index (χ0n) is 13.5. The summed E-state index contributed by atoms with van der Waals surface area (Å²) in [4.78, 5) is 22.9. The lowest BCUT2D eigenvalue weighted by Gasteiger charge is -2.06. The summed E-state index contributed by atoms with van der Waals surface area (Å²) in [6.07, 6.45) is 0. The smallest absolute Gasteiger partial charge is 0.294 e. The number of nitro groups is 1. The summed E-state index contributed by atoms with van der Waals surface area (Å²) in [6.45, 7) is 1.84. The van der Waals surface area contributed by atoms with E-state index in [1.54, 1.807) is 18.2 Å². The summed E-state index contributed by atoms with van der Waals surface area (Å²) in [7, 11) is 0. The molecule has 3 rings (SSSR count). The molecule has 0 fully saturated rings. The van der Waals surface area contributed by atoms with Gasteiger partial charge in [-0.3, -0.25) is 14.9 Å². The minimum absolute atomic E-state index is 0.0172. The van der Waals surface area contributed by atoms with Crippen molar-refractivity contribution in [2.24, 2.45) is 0 Å². The van der Waals surface area contributed by atoms with E-state index in [1.807, 2.05) is 13.0 Å². The Balaban J connectivity index is 1.88. The molecule has 1 heterocycles. The van der Waals surface area contributed by atoms with Crippen LogP contribution in [0.1, 0.15) is 16.1 Å². The Morgan fingerprint density at radius 3 is 2.65 bits per heavy atom. The molecule has 0 saturated heterocycles. The number of benzene rings is 2. The second-order valence-corrected chi connectivity index (χ2v) is 6.29. The van der Waals surface area contributed by atoms with Crippen molar-refractivity contribution < 1.29 is 14.1 Å². The molecule has 132 valence electrons. The van der Waals surface area contributed by atoms with Crippen molar-refractivity contribution in [1.82, 2.24) is 0 Å². The van der Waals surface area contributed by atoms with Crippen molar-refractivity contribution >= 4 is 40.5 Å². The maximum absolute atomic E-state index is 12.4. The van der Waals surface area contributed by atoms with Gasteiger partial charge in [0.05, 0.1) is 4.92 Å². The first kappa shape index (κ1) is 18.0. The summed E-state index contributed by atoms with van der Waals surface area (Å²) in [5.74, 6) is -0.120. The van der Waals surface area contributed by atoms with Crippen LogP contribution in [0.25, 0.3) is 11.3 Å². The van der Waals surface area contributed by atoms with Gasteiger partial charge in [0.25, 0.3) is 11.6 Å². The molecule has 2 aromatic carbocycles.